The van der Waals surface area contributed by atoms with Crippen LogP contribution in [0.1, 0.15) is 15.9 Å². The number of rotatable bonds is 5. The monoisotopic (exact) mass is 318 g/mol. The minimum Gasteiger partial charge on any atom is -0.493 e. The topological polar surface area (TPSA) is 35.5 Å². The van der Waals surface area contributed by atoms with Crippen LogP contribution in [0.15, 0.2) is 72.8 Å². The molecule has 0 saturated carbocycles. The van der Waals surface area contributed by atoms with Gasteiger partial charge in [-0.2, -0.15) is 0 Å². The lowest BCUT2D eigenvalue weighted by Crippen LogP contribution is -2.04. The second-order valence-electron chi connectivity index (χ2n) is 5.28. The van der Waals surface area contributed by atoms with E-state index in [1.54, 1.807) is 14.2 Å². The Balaban J connectivity index is 2.16. The van der Waals surface area contributed by atoms with Crippen molar-refractivity contribution in [2.24, 2.45) is 0 Å². The van der Waals surface area contributed by atoms with E-state index in [4.69, 9.17) is 9.47 Å². The number of ether oxygens (including phenoxy) is 2. The molecule has 0 saturated heterocycles. The number of carbonyl (C=O) groups is 1. The van der Waals surface area contributed by atoms with E-state index in [0.29, 0.717) is 22.6 Å². The maximum atomic E-state index is 12.9. The van der Waals surface area contributed by atoms with E-state index in [1.807, 2.05) is 72.8 Å². The molecule has 3 aromatic carbocycles. The molecule has 3 heteroatoms. The summed E-state index contributed by atoms with van der Waals surface area (Å²) in [6, 6.07) is 22.5. The lowest BCUT2D eigenvalue weighted by molar-refractivity contribution is 0.103. The van der Waals surface area contributed by atoms with Gasteiger partial charge >= 0.3 is 0 Å². The van der Waals surface area contributed by atoms with Crippen LogP contribution >= 0.6 is 0 Å². The molecule has 3 nitrogen and oxygen atoms in total. The van der Waals surface area contributed by atoms with Gasteiger partial charge in [-0.1, -0.05) is 66.7 Å². The lowest BCUT2D eigenvalue weighted by Gasteiger charge is -2.15. The predicted octanol–water partition coefficient (Wildman–Crippen LogP) is 4.60. The van der Waals surface area contributed by atoms with Crippen molar-refractivity contribution in [3.63, 3.8) is 0 Å². The second kappa shape index (κ2) is 7.01. The van der Waals surface area contributed by atoms with E-state index in [9.17, 15) is 4.79 Å². The molecule has 0 aromatic heterocycles. The molecular weight excluding hydrogens is 300 g/mol. The van der Waals surface area contributed by atoms with Gasteiger partial charge in [0.15, 0.2) is 17.3 Å². The molecule has 0 bridgehead atoms. The Hall–Kier alpha value is -3.07. The molecule has 0 heterocycles. The van der Waals surface area contributed by atoms with Crippen molar-refractivity contribution in [2.45, 2.75) is 0 Å². The maximum Gasteiger partial charge on any atom is 0.193 e. The van der Waals surface area contributed by atoms with Gasteiger partial charge in [0.05, 0.1) is 14.2 Å². The van der Waals surface area contributed by atoms with Gasteiger partial charge in [0, 0.05) is 16.7 Å². The highest BCUT2D eigenvalue weighted by atomic mass is 16.5. The Bertz CT molecular complexity index is 854. The first-order chi connectivity index (χ1) is 11.8. The summed E-state index contributed by atoms with van der Waals surface area (Å²) in [5.41, 5.74) is 2.95. The molecule has 0 spiro atoms. The average Bonchev–Trinajstić information content (AvgIpc) is 2.67. The van der Waals surface area contributed by atoms with E-state index in [0.717, 1.165) is 11.1 Å². The van der Waals surface area contributed by atoms with Crippen molar-refractivity contribution < 1.29 is 14.3 Å². The van der Waals surface area contributed by atoms with Gasteiger partial charge in [-0.3, -0.25) is 4.79 Å². The SMILES string of the molecule is COc1cccc(-c2ccccc2C(=O)c2ccccc2)c1OC. The van der Waals surface area contributed by atoms with Crippen LogP contribution in [0.3, 0.4) is 0 Å². The molecule has 0 atom stereocenters. The van der Waals surface area contributed by atoms with Crippen LogP contribution in [0, 0.1) is 0 Å². The van der Waals surface area contributed by atoms with Crippen LogP contribution in [0.5, 0.6) is 11.5 Å². The standard InChI is InChI=1S/C21H18O3/c1-23-19-14-8-13-18(21(19)24-2)16-11-6-7-12-17(16)20(22)15-9-4-3-5-10-15/h3-14H,1-2H3. The first kappa shape index (κ1) is 15.8. The number of benzene rings is 3. The number of ketones is 1. The fraction of sp³-hybridized carbons (Fsp3) is 0.0952. The van der Waals surface area contributed by atoms with E-state index in [-0.39, 0.29) is 5.78 Å². The summed E-state index contributed by atoms with van der Waals surface area (Å²) in [5.74, 6) is 1.24. The number of hydrogen-bond donors (Lipinski definition) is 0. The summed E-state index contributed by atoms with van der Waals surface area (Å²) in [4.78, 5) is 12.9. The van der Waals surface area contributed by atoms with Crippen LogP contribution in [-0.2, 0) is 0 Å². The Morgan fingerprint density at radius 1 is 0.708 bits per heavy atom. The highest BCUT2D eigenvalue weighted by molar-refractivity contribution is 6.13. The molecule has 120 valence electrons. The molecular formula is C21H18O3. The fourth-order valence-corrected chi connectivity index (χ4v) is 2.76. The van der Waals surface area contributed by atoms with E-state index >= 15 is 0 Å². The van der Waals surface area contributed by atoms with E-state index in [2.05, 4.69) is 0 Å². The quantitative estimate of drug-likeness (QED) is 0.645. The molecule has 0 aliphatic carbocycles. The minimum absolute atomic E-state index is 0.0175. The maximum absolute atomic E-state index is 12.9. The van der Waals surface area contributed by atoms with E-state index in [1.165, 1.54) is 0 Å². The Morgan fingerprint density at radius 2 is 1.38 bits per heavy atom. The summed E-state index contributed by atoms with van der Waals surface area (Å²) in [6.45, 7) is 0. The Labute approximate surface area is 141 Å². The van der Waals surface area contributed by atoms with Crippen molar-refractivity contribution >= 4 is 5.78 Å². The fourth-order valence-electron chi connectivity index (χ4n) is 2.76. The summed E-state index contributed by atoms with van der Waals surface area (Å²) in [7, 11) is 3.20. The number of methoxy groups -OCH3 is 2. The zero-order chi connectivity index (χ0) is 16.9. The van der Waals surface area contributed by atoms with Gasteiger partial charge in [-0.15, -0.1) is 0 Å². The van der Waals surface area contributed by atoms with Crippen LogP contribution in [0.25, 0.3) is 11.1 Å². The third-order valence-corrected chi connectivity index (χ3v) is 3.90. The molecule has 0 aliphatic rings. The predicted molar refractivity (Wildman–Crippen MR) is 94.9 cm³/mol. The number of para-hydroxylation sites is 1. The van der Waals surface area contributed by atoms with Gasteiger partial charge in [0.2, 0.25) is 0 Å². The summed E-state index contributed by atoms with van der Waals surface area (Å²) in [6.07, 6.45) is 0. The molecule has 24 heavy (non-hydrogen) atoms. The first-order valence-corrected chi connectivity index (χ1v) is 7.66. The van der Waals surface area contributed by atoms with Gasteiger partial charge in [0.1, 0.15) is 0 Å². The number of hydrogen-bond acceptors (Lipinski definition) is 3. The lowest BCUT2D eigenvalue weighted by atomic mass is 9.93. The molecule has 0 N–H and O–H groups in total. The highest BCUT2D eigenvalue weighted by Crippen LogP contribution is 2.39. The zero-order valence-corrected chi connectivity index (χ0v) is 13.7. The minimum atomic E-state index is -0.0175. The molecule has 0 aliphatic heterocycles. The third-order valence-electron chi connectivity index (χ3n) is 3.90. The van der Waals surface area contributed by atoms with Crippen LogP contribution in [0.2, 0.25) is 0 Å². The Kier molecular flexibility index (Phi) is 4.62. The van der Waals surface area contributed by atoms with Crippen LogP contribution < -0.4 is 9.47 Å². The molecule has 0 unspecified atom stereocenters. The van der Waals surface area contributed by atoms with Crippen molar-refractivity contribution in [3.05, 3.63) is 83.9 Å². The average molecular weight is 318 g/mol. The van der Waals surface area contributed by atoms with Crippen LogP contribution in [0.4, 0.5) is 0 Å². The normalized spacial score (nSPS) is 10.2. The van der Waals surface area contributed by atoms with Crippen molar-refractivity contribution in [2.75, 3.05) is 14.2 Å². The zero-order valence-electron chi connectivity index (χ0n) is 13.7. The molecule has 3 rings (SSSR count). The second-order valence-corrected chi connectivity index (χ2v) is 5.28. The molecule has 0 radical (unpaired) electrons. The largest absolute Gasteiger partial charge is 0.493 e. The molecule has 0 fully saturated rings. The Morgan fingerprint density at radius 3 is 2.08 bits per heavy atom. The highest BCUT2D eigenvalue weighted by Gasteiger charge is 2.18. The summed E-state index contributed by atoms with van der Waals surface area (Å²) < 4.78 is 10.9. The van der Waals surface area contributed by atoms with Gasteiger partial charge in [-0.25, -0.2) is 0 Å². The van der Waals surface area contributed by atoms with Crippen molar-refractivity contribution in [1.29, 1.82) is 0 Å². The van der Waals surface area contributed by atoms with Crippen molar-refractivity contribution in [1.82, 2.24) is 0 Å². The molecule has 0 amide bonds. The van der Waals surface area contributed by atoms with Gasteiger partial charge in [-0.05, 0) is 11.6 Å². The van der Waals surface area contributed by atoms with Gasteiger partial charge in [0.25, 0.3) is 0 Å². The smallest absolute Gasteiger partial charge is 0.193 e. The third kappa shape index (κ3) is 2.88. The number of carbonyl (C=O) groups excluding carboxylic acids is 1. The first-order valence-electron chi connectivity index (χ1n) is 7.66. The van der Waals surface area contributed by atoms with Crippen molar-refractivity contribution in [3.8, 4) is 22.6 Å². The summed E-state index contributed by atoms with van der Waals surface area (Å²) >= 11 is 0. The summed E-state index contributed by atoms with van der Waals surface area (Å²) in [5, 5.41) is 0. The van der Waals surface area contributed by atoms with E-state index < -0.39 is 0 Å². The van der Waals surface area contributed by atoms with Crippen LogP contribution in [-0.4, -0.2) is 20.0 Å². The molecule has 3 aromatic rings. The van der Waals surface area contributed by atoms with Gasteiger partial charge < -0.3 is 9.47 Å².